The summed E-state index contributed by atoms with van der Waals surface area (Å²) < 4.78 is 11.1. The molecule has 0 saturated heterocycles. The number of ether oxygens (including phenoxy) is 1. The van der Waals surface area contributed by atoms with E-state index in [2.05, 4.69) is 25.4 Å². The number of H-pyrrole nitrogens is 1. The molecule has 5 rings (SSSR count). The molecule has 0 radical (unpaired) electrons. The van der Waals surface area contributed by atoms with Crippen LogP contribution in [0.1, 0.15) is 29.8 Å². The molecule has 2 aromatic carbocycles. The molecule has 10 nitrogen and oxygen atoms in total. The van der Waals surface area contributed by atoms with E-state index in [1.54, 1.807) is 38.5 Å². The van der Waals surface area contributed by atoms with Crippen molar-refractivity contribution in [2.75, 3.05) is 5.32 Å². The van der Waals surface area contributed by atoms with Gasteiger partial charge in [-0.3, -0.25) is 15.1 Å². The fraction of sp³-hybridized carbons (Fsp3) is 0.148. The van der Waals surface area contributed by atoms with Crippen LogP contribution < -0.4 is 5.32 Å². The van der Waals surface area contributed by atoms with Gasteiger partial charge in [0.2, 0.25) is 0 Å². The Hall–Kier alpha value is -4.99. The largest absolute Gasteiger partial charge is 0.481 e. The molecular weight excluding hydrogens is 474 g/mol. The Kier molecular flexibility index (Phi) is 6.38. The van der Waals surface area contributed by atoms with Crippen molar-refractivity contribution >= 4 is 28.8 Å². The number of carboxylic acid groups (broad SMARTS) is 1. The Morgan fingerprint density at radius 3 is 2.59 bits per heavy atom. The molecule has 10 heteroatoms. The minimum absolute atomic E-state index is 0.0563. The van der Waals surface area contributed by atoms with E-state index < -0.39 is 18.2 Å². The average molecular weight is 498 g/mol. The lowest BCUT2D eigenvalue weighted by molar-refractivity contribution is -0.136. The van der Waals surface area contributed by atoms with Crippen molar-refractivity contribution < 1.29 is 24.0 Å². The molecule has 1 unspecified atom stereocenters. The number of hydrogen-bond acceptors (Lipinski definition) is 7. The lowest BCUT2D eigenvalue weighted by Gasteiger charge is -2.14. The number of benzene rings is 2. The number of hydrogen-bond donors (Lipinski definition) is 3. The monoisotopic (exact) mass is 497 g/mol. The fourth-order valence-corrected chi connectivity index (χ4v) is 4.06. The first kappa shape index (κ1) is 23.7. The van der Waals surface area contributed by atoms with Gasteiger partial charge >= 0.3 is 12.1 Å². The molecule has 186 valence electrons. The predicted molar refractivity (Wildman–Crippen MR) is 136 cm³/mol. The second-order valence-electron chi connectivity index (χ2n) is 8.47. The van der Waals surface area contributed by atoms with Crippen molar-refractivity contribution in [3.63, 3.8) is 0 Å². The van der Waals surface area contributed by atoms with E-state index in [0.717, 1.165) is 11.1 Å². The average Bonchev–Trinajstić information content (AvgIpc) is 3.52. The van der Waals surface area contributed by atoms with Crippen molar-refractivity contribution in [3.8, 4) is 22.6 Å². The molecule has 1 atom stereocenters. The minimum Gasteiger partial charge on any atom is -0.481 e. The van der Waals surface area contributed by atoms with Crippen LogP contribution >= 0.6 is 0 Å². The maximum absolute atomic E-state index is 12.7. The van der Waals surface area contributed by atoms with E-state index >= 15 is 0 Å². The van der Waals surface area contributed by atoms with Gasteiger partial charge in [0.1, 0.15) is 23.0 Å². The van der Waals surface area contributed by atoms with Gasteiger partial charge in [-0.1, -0.05) is 59.8 Å². The van der Waals surface area contributed by atoms with Gasteiger partial charge in [0.25, 0.3) is 0 Å². The topological polar surface area (TPSA) is 143 Å². The molecule has 0 spiro atoms. The molecule has 3 aromatic heterocycles. The second-order valence-corrected chi connectivity index (χ2v) is 8.47. The maximum Gasteiger partial charge on any atom is 0.412 e. The highest BCUT2D eigenvalue weighted by Gasteiger charge is 2.23. The molecule has 3 N–H and O–H groups in total. The van der Waals surface area contributed by atoms with E-state index in [0.29, 0.717) is 45.0 Å². The zero-order valence-corrected chi connectivity index (χ0v) is 20.1. The van der Waals surface area contributed by atoms with Crippen LogP contribution in [0.3, 0.4) is 0 Å². The number of pyridine rings is 1. The van der Waals surface area contributed by atoms with Crippen LogP contribution in [0.4, 0.5) is 10.5 Å². The molecule has 0 fully saturated rings. The van der Waals surface area contributed by atoms with Crippen LogP contribution in [0.5, 0.6) is 0 Å². The van der Waals surface area contributed by atoms with Crippen molar-refractivity contribution in [1.82, 2.24) is 20.1 Å². The Labute approximate surface area is 211 Å². The standard InChI is InChI=1S/C27H23N5O5/c1-15-22(31-27(35)36-16(2)18-6-4-3-5-7-18)26(37-32-15)20-13-28-23(25-24(20)29-14-30-25)19-10-8-17(9-11-19)12-21(33)34/h3-11,13-14,16H,12H2,1-2H3,(H,29,30)(H,31,35)(H,33,34). The third kappa shape index (κ3) is 4.90. The first-order valence-electron chi connectivity index (χ1n) is 11.5. The number of nitrogens with one attached hydrogen (secondary N) is 2. The molecule has 0 bridgehead atoms. The summed E-state index contributed by atoms with van der Waals surface area (Å²) in [4.78, 5) is 35.9. The number of aliphatic carboxylic acids is 1. The van der Waals surface area contributed by atoms with Gasteiger partial charge in [-0.15, -0.1) is 0 Å². The van der Waals surface area contributed by atoms with Gasteiger partial charge in [0.15, 0.2) is 5.76 Å². The molecule has 37 heavy (non-hydrogen) atoms. The van der Waals surface area contributed by atoms with Gasteiger partial charge in [0.05, 0.1) is 29.5 Å². The summed E-state index contributed by atoms with van der Waals surface area (Å²) in [5.74, 6) is -0.592. The molecule has 1 amide bonds. The third-order valence-electron chi connectivity index (χ3n) is 5.92. The van der Waals surface area contributed by atoms with E-state index in [9.17, 15) is 9.59 Å². The van der Waals surface area contributed by atoms with Gasteiger partial charge in [-0.2, -0.15) is 0 Å². The molecule has 5 aromatic rings. The van der Waals surface area contributed by atoms with Crippen LogP contribution in [-0.4, -0.2) is 37.3 Å². The van der Waals surface area contributed by atoms with Gasteiger partial charge < -0.3 is 19.4 Å². The summed E-state index contributed by atoms with van der Waals surface area (Å²) in [6.45, 7) is 3.51. The normalized spacial score (nSPS) is 11.8. The van der Waals surface area contributed by atoms with Gasteiger partial charge in [-0.05, 0) is 25.0 Å². The number of aromatic nitrogens is 4. The zero-order chi connectivity index (χ0) is 25.9. The molecule has 0 aliphatic carbocycles. The maximum atomic E-state index is 12.7. The predicted octanol–water partition coefficient (Wildman–Crippen LogP) is 5.53. The Morgan fingerprint density at radius 1 is 1.11 bits per heavy atom. The molecule has 0 aliphatic rings. The highest BCUT2D eigenvalue weighted by atomic mass is 16.6. The van der Waals surface area contributed by atoms with Crippen LogP contribution in [0.25, 0.3) is 33.6 Å². The number of carboxylic acids is 1. The smallest absolute Gasteiger partial charge is 0.412 e. The summed E-state index contributed by atoms with van der Waals surface area (Å²) in [7, 11) is 0. The second kappa shape index (κ2) is 9.94. The van der Waals surface area contributed by atoms with Crippen molar-refractivity contribution in [1.29, 1.82) is 0 Å². The first-order valence-corrected chi connectivity index (χ1v) is 11.5. The summed E-state index contributed by atoms with van der Waals surface area (Å²) in [6, 6.07) is 16.6. The lowest BCUT2D eigenvalue weighted by atomic mass is 10.0. The Balaban J connectivity index is 1.43. The lowest BCUT2D eigenvalue weighted by Crippen LogP contribution is -2.16. The number of amides is 1. The van der Waals surface area contributed by atoms with Crippen LogP contribution in [0, 0.1) is 6.92 Å². The van der Waals surface area contributed by atoms with E-state index in [-0.39, 0.29) is 6.42 Å². The Morgan fingerprint density at radius 2 is 1.86 bits per heavy atom. The van der Waals surface area contributed by atoms with Crippen molar-refractivity contribution in [3.05, 3.63) is 83.9 Å². The first-order chi connectivity index (χ1) is 17.9. The number of fused-ring (bicyclic) bond motifs is 1. The molecule has 0 aliphatic heterocycles. The van der Waals surface area contributed by atoms with Crippen LogP contribution in [0.2, 0.25) is 0 Å². The fourth-order valence-electron chi connectivity index (χ4n) is 4.06. The molecular formula is C27H23N5O5. The molecule has 3 heterocycles. The highest BCUT2D eigenvalue weighted by Crippen LogP contribution is 2.37. The number of imidazole rings is 1. The summed E-state index contributed by atoms with van der Waals surface area (Å²) in [6.07, 6.45) is 2.00. The third-order valence-corrected chi connectivity index (χ3v) is 5.92. The van der Waals surface area contributed by atoms with E-state index in [4.69, 9.17) is 14.4 Å². The highest BCUT2D eigenvalue weighted by molar-refractivity contribution is 6.01. The summed E-state index contributed by atoms with van der Waals surface area (Å²) in [5, 5.41) is 15.8. The minimum atomic E-state index is -0.892. The van der Waals surface area contributed by atoms with E-state index in [1.807, 2.05) is 42.5 Å². The number of rotatable bonds is 7. The van der Waals surface area contributed by atoms with Crippen molar-refractivity contribution in [2.45, 2.75) is 26.4 Å². The quantitative estimate of drug-likeness (QED) is 0.266. The van der Waals surface area contributed by atoms with Crippen LogP contribution in [0.15, 0.2) is 71.6 Å². The number of carbonyl (C=O) groups is 2. The Bertz CT molecular complexity index is 1570. The SMILES string of the molecule is Cc1noc(-c2cnc(-c3ccc(CC(=O)O)cc3)c3[nH]cnc23)c1NC(=O)OC(C)c1ccccc1. The summed E-state index contributed by atoms with van der Waals surface area (Å²) in [5.41, 5.74) is 5.59. The number of aromatic amines is 1. The van der Waals surface area contributed by atoms with E-state index in [1.165, 1.54) is 0 Å². The van der Waals surface area contributed by atoms with Crippen LogP contribution in [-0.2, 0) is 16.0 Å². The number of anilines is 1. The number of aryl methyl sites for hydroxylation is 1. The molecule has 0 saturated carbocycles. The van der Waals surface area contributed by atoms with Gasteiger partial charge in [-0.25, -0.2) is 9.78 Å². The number of nitrogens with zero attached hydrogens (tertiary/aromatic N) is 3. The summed E-state index contributed by atoms with van der Waals surface area (Å²) >= 11 is 0. The number of carbonyl (C=O) groups excluding carboxylic acids is 1. The van der Waals surface area contributed by atoms with Gasteiger partial charge in [0, 0.05) is 11.8 Å². The van der Waals surface area contributed by atoms with Crippen molar-refractivity contribution in [2.24, 2.45) is 0 Å². The zero-order valence-electron chi connectivity index (χ0n) is 20.1.